The van der Waals surface area contributed by atoms with E-state index in [2.05, 4.69) is 41.4 Å². The number of nitrogens with zero attached hydrogens (tertiary/aromatic N) is 5. The van der Waals surface area contributed by atoms with Crippen molar-refractivity contribution in [1.29, 1.82) is 0 Å². The Kier molecular flexibility index (Phi) is 13.6. The minimum atomic E-state index is 0. The number of benzene rings is 4. The summed E-state index contributed by atoms with van der Waals surface area (Å²) >= 11 is 0. The van der Waals surface area contributed by atoms with Gasteiger partial charge in [-0.1, -0.05) is 29.6 Å². The van der Waals surface area contributed by atoms with Crippen LogP contribution >= 0.6 is 0 Å². The van der Waals surface area contributed by atoms with Gasteiger partial charge in [0.25, 0.3) is 0 Å². The predicted octanol–water partition coefficient (Wildman–Crippen LogP) is 9.28. The van der Waals surface area contributed by atoms with Crippen molar-refractivity contribution in [3.05, 3.63) is 190 Å². The molecule has 0 saturated carbocycles. The predicted molar refractivity (Wildman–Crippen MR) is 196 cm³/mol. The van der Waals surface area contributed by atoms with Crippen LogP contribution in [-0.2, 0) is 42.1 Å². The quantitative estimate of drug-likeness (QED) is 0.112. The number of anilines is 1. The minimum absolute atomic E-state index is 0. The maximum Gasteiger partial charge on any atom is 4.00 e. The molecule has 0 spiro atoms. The first-order valence-electron chi connectivity index (χ1n) is 15.9. The van der Waals surface area contributed by atoms with E-state index in [-0.39, 0.29) is 42.1 Å². The van der Waals surface area contributed by atoms with Gasteiger partial charge in [0, 0.05) is 68.9 Å². The van der Waals surface area contributed by atoms with E-state index in [0.717, 1.165) is 33.5 Å². The molecule has 4 heterocycles. The fraction of sp³-hybridized carbons (Fsp3) is 0.0227. The van der Waals surface area contributed by atoms with Gasteiger partial charge >= 0.3 is 21.1 Å². The summed E-state index contributed by atoms with van der Waals surface area (Å²) in [5.74, 6) is 2.31. The Hall–Kier alpha value is -5.66. The zero-order chi connectivity index (χ0) is 34.8. The van der Waals surface area contributed by atoms with E-state index >= 15 is 0 Å². The molecule has 0 fully saturated rings. The van der Waals surface area contributed by atoms with E-state index < -0.39 is 0 Å². The van der Waals surface area contributed by atoms with Gasteiger partial charge in [-0.3, -0.25) is 16.1 Å². The molecule has 9 heteroatoms. The van der Waals surface area contributed by atoms with Crippen LogP contribution in [0.15, 0.2) is 147 Å². The van der Waals surface area contributed by atoms with Crippen molar-refractivity contribution in [3.8, 4) is 62.6 Å². The van der Waals surface area contributed by atoms with Crippen LogP contribution in [0.5, 0.6) is 23.0 Å². The van der Waals surface area contributed by atoms with Gasteiger partial charge in [-0.25, -0.2) is 18.2 Å². The van der Waals surface area contributed by atoms with Crippen molar-refractivity contribution in [2.75, 3.05) is 11.9 Å². The number of pyridine rings is 2. The second-order valence-electron chi connectivity index (χ2n) is 11.1. The Morgan fingerprint density at radius 2 is 1.43 bits per heavy atom. The Balaban J connectivity index is 0.000000542. The maximum absolute atomic E-state index is 6.57. The average molecular weight is 1050 g/mol. The number of hydrogen-bond acceptors (Lipinski definition) is 6. The summed E-state index contributed by atoms with van der Waals surface area (Å²) in [4.78, 5) is 13.1. The molecule has 53 heavy (non-hydrogen) atoms. The smallest absolute Gasteiger partial charge is 0.669 e. The van der Waals surface area contributed by atoms with Crippen LogP contribution in [0.2, 0.25) is 0 Å². The first kappa shape index (κ1) is 38.6. The third kappa shape index (κ3) is 9.81. The zero-order valence-corrected chi connectivity index (χ0v) is 32.7. The van der Waals surface area contributed by atoms with Crippen molar-refractivity contribution in [3.63, 3.8) is 0 Å². The van der Waals surface area contributed by atoms with Crippen molar-refractivity contribution in [1.82, 2.24) is 19.4 Å². The molecule has 0 bridgehead atoms. The second kappa shape index (κ2) is 18.7. The normalized spacial score (nSPS) is 11.3. The molecule has 1 aliphatic heterocycles. The molecular weight excluding hydrogens is 1020 g/mol. The van der Waals surface area contributed by atoms with Gasteiger partial charge in [0.05, 0.1) is 0 Å². The van der Waals surface area contributed by atoms with Crippen LogP contribution in [0.4, 0.5) is 5.69 Å². The topological polar surface area (TPSA) is 55.6 Å². The van der Waals surface area contributed by atoms with Crippen LogP contribution in [0, 0.1) is 49.5 Å². The van der Waals surface area contributed by atoms with Crippen LogP contribution < -0.4 is 14.4 Å². The first-order valence-corrected chi connectivity index (χ1v) is 15.9. The molecule has 8 rings (SSSR count). The fourth-order valence-corrected chi connectivity index (χ4v) is 5.25. The van der Waals surface area contributed by atoms with Crippen LogP contribution in [0.25, 0.3) is 33.5 Å². The summed E-state index contributed by atoms with van der Waals surface area (Å²) < 4.78 is 13.8. The van der Waals surface area contributed by atoms with E-state index in [1.54, 1.807) is 29.4 Å². The number of para-hydroxylation sites is 1. The molecule has 0 N–H and O–H groups in total. The molecule has 0 amide bonds. The zero-order valence-electron chi connectivity index (χ0n) is 28.1. The van der Waals surface area contributed by atoms with E-state index in [9.17, 15) is 0 Å². The van der Waals surface area contributed by atoms with Crippen LogP contribution in [0.3, 0.4) is 0 Å². The molecule has 1 aliphatic rings. The van der Waals surface area contributed by atoms with Crippen molar-refractivity contribution < 1.29 is 51.6 Å². The van der Waals surface area contributed by atoms with Crippen molar-refractivity contribution in [2.45, 2.75) is 0 Å². The molecule has 0 radical (unpaired) electrons. The number of ether oxygens (including phenoxy) is 2. The molecule has 0 atom stereocenters. The summed E-state index contributed by atoms with van der Waals surface area (Å²) in [6.45, 7) is 1.97. The van der Waals surface area contributed by atoms with E-state index in [1.807, 2.05) is 145 Å². The Labute approximate surface area is 339 Å². The fourth-order valence-electron chi connectivity index (χ4n) is 5.25. The largest absolute Gasteiger partial charge is 4.00 e. The van der Waals surface area contributed by atoms with Gasteiger partial charge in [-0.2, -0.15) is 48.6 Å². The molecular formula is C44H28N5O2Pt2-3. The van der Waals surface area contributed by atoms with Crippen molar-refractivity contribution >= 4 is 5.69 Å². The standard InChI is InChI=1S/C38H24N4O2.C6H4N.2Pt/c1-41-21-22-42(27-41)31-12-7-17-35(25-31)44-34-16-6-10-29(24-34)38-37(30-11-8-19-39-26-30)36(18-20-40-38)28-9-5-15-33(23-28)43-32-13-3-2-4-14-32;1-2-7-5-3-4-6-7;;/h2-13,15-17,19-22,26-27H,1H3;3-6H;;/q-6;-1;;+4. The third-order valence-electron chi connectivity index (χ3n) is 7.55. The SMILES string of the molecule is CN1C=CN(c2[c-]c(Oc3[c-]c(-c4nc[c-]c(-c5[c-]c(Oc6[c-]cccc6)ccc5)c4-c4cccnc4)ccc3)ccc2)[CH-]1.[C-]#Cn1cccc1.[Pt+4].[Pt]. The molecule has 7 aromatic rings. The van der Waals surface area contributed by atoms with Gasteiger partial charge in [0.1, 0.15) is 0 Å². The van der Waals surface area contributed by atoms with Gasteiger partial charge in [0.2, 0.25) is 0 Å². The first-order chi connectivity index (χ1) is 25.1. The van der Waals surface area contributed by atoms with Crippen LogP contribution in [0.1, 0.15) is 0 Å². The minimum Gasteiger partial charge on any atom is -0.669 e. The molecule has 3 aromatic heterocycles. The monoisotopic (exact) mass is 1050 g/mol. The molecule has 264 valence electrons. The Morgan fingerprint density at radius 1 is 0.736 bits per heavy atom. The Morgan fingerprint density at radius 3 is 2.09 bits per heavy atom. The summed E-state index contributed by atoms with van der Waals surface area (Å²) in [6.07, 6.45) is 19.3. The molecule has 0 aliphatic carbocycles. The molecule has 7 nitrogen and oxygen atoms in total. The van der Waals surface area contributed by atoms with E-state index in [0.29, 0.717) is 28.7 Å². The second-order valence-corrected chi connectivity index (χ2v) is 11.1. The Bertz CT molecular complexity index is 2290. The summed E-state index contributed by atoms with van der Waals surface area (Å²) in [5, 5.41) is 0. The van der Waals surface area contributed by atoms with Gasteiger partial charge < -0.3 is 35.2 Å². The van der Waals surface area contributed by atoms with Gasteiger partial charge in [-0.05, 0) is 37.6 Å². The third-order valence-corrected chi connectivity index (χ3v) is 7.55. The number of hydrogen-bond donors (Lipinski definition) is 0. The van der Waals surface area contributed by atoms with E-state index in [4.69, 9.17) is 20.9 Å². The maximum atomic E-state index is 6.57. The van der Waals surface area contributed by atoms with Crippen molar-refractivity contribution in [2.24, 2.45) is 0 Å². The molecule has 0 saturated heterocycles. The molecule has 4 aromatic carbocycles. The van der Waals surface area contributed by atoms with Gasteiger partial charge in [-0.15, -0.1) is 65.8 Å². The molecule has 0 unspecified atom stereocenters. The number of rotatable bonds is 8. The summed E-state index contributed by atoms with van der Waals surface area (Å²) in [5.41, 5.74) is 5.70. The van der Waals surface area contributed by atoms with Gasteiger partial charge in [0.15, 0.2) is 0 Å². The summed E-state index contributed by atoms with van der Waals surface area (Å²) in [7, 11) is 1.98. The van der Waals surface area contributed by atoms with Crippen LogP contribution in [-0.4, -0.2) is 26.5 Å². The number of aromatic nitrogens is 3. The average Bonchev–Trinajstić information content (AvgIpc) is 3.88. The summed E-state index contributed by atoms with van der Waals surface area (Å²) in [6, 6.07) is 51.2. The van der Waals surface area contributed by atoms with E-state index in [1.165, 1.54) is 0 Å².